The molecule has 1 aliphatic heterocycles. The van der Waals surface area contributed by atoms with E-state index in [1.807, 2.05) is 29.5 Å². The fraction of sp³-hybridized carbons (Fsp3) is 0.400. The van der Waals surface area contributed by atoms with Crippen molar-refractivity contribution in [2.24, 2.45) is 0 Å². The standard InChI is InChI=1S/C20H26N2OS/c1-4-9-21-13-16(3)22(14-15(21)2)20-18(8-10-24-20)11-17-6-5-7-19(23)12-17/h4-8,10,12,15-16,23H,1,9,11,13-14H2,2-3H3/t15-,16+/m0/s1. The van der Waals surface area contributed by atoms with Crippen molar-refractivity contribution in [1.82, 2.24) is 4.90 Å². The molecule has 1 fully saturated rings. The average molecular weight is 343 g/mol. The molecule has 2 atom stereocenters. The Morgan fingerprint density at radius 3 is 2.83 bits per heavy atom. The second-order valence-corrected chi connectivity index (χ2v) is 7.59. The van der Waals surface area contributed by atoms with Crippen LogP contribution in [0.25, 0.3) is 0 Å². The Morgan fingerprint density at radius 2 is 2.08 bits per heavy atom. The van der Waals surface area contributed by atoms with E-state index in [-0.39, 0.29) is 0 Å². The van der Waals surface area contributed by atoms with Crippen molar-refractivity contribution in [1.29, 1.82) is 0 Å². The number of anilines is 1. The van der Waals surface area contributed by atoms with Gasteiger partial charge in [-0.25, -0.2) is 0 Å². The minimum Gasteiger partial charge on any atom is -0.508 e. The van der Waals surface area contributed by atoms with E-state index in [2.05, 4.69) is 47.7 Å². The number of rotatable bonds is 5. The van der Waals surface area contributed by atoms with Crippen molar-refractivity contribution in [3.8, 4) is 5.75 Å². The van der Waals surface area contributed by atoms with Crippen LogP contribution in [0.2, 0.25) is 0 Å². The highest BCUT2D eigenvalue weighted by Crippen LogP contribution is 2.33. The van der Waals surface area contributed by atoms with Crippen molar-refractivity contribution < 1.29 is 5.11 Å². The number of benzene rings is 1. The molecule has 0 amide bonds. The van der Waals surface area contributed by atoms with Crippen LogP contribution in [0.4, 0.5) is 5.00 Å². The summed E-state index contributed by atoms with van der Waals surface area (Å²) < 4.78 is 0. The van der Waals surface area contributed by atoms with Gasteiger partial charge in [0.15, 0.2) is 0 Å². The van der Waals surface area contributed by atoms with Crippen LogP contribution in [0.5, 0.6) is 5.75 Å². The first-order valence-electron chi connectivity index (χ1n) is 8.54. The summed E-state index contributed by atoms with van der Waals surface area (Å²) in [5, 5.41) is 13.2. The maximum atomic E-state index is 9.69. The van der Waals surface area contributed by atoms with Crippen molar-refractivity contribution >= 4 is 16.3 Å². The zero-order valence-electron chi connectivity index (χ0n) is 14.5. The molecule has 0 unspecified atom stereocenters. The quantitative estimate of drug-likeness (QED) is 0.828. The third-order valence-electron chi connectivity index (χ3n) is 4.77. The van der Waals surface area contributed by atoms with E-state index < -0.39 is 0 Å². The molecule has 1 N–H and O–H groups in total. The van der Waals surface area contributed by atoms with Gasteiger partial charge in [-0.2, -0.15) is 0 Å². The van der Waals surface area contributed by atoms with E-state index in [0.29, 0.717) is 17.8 Å². The molecule has 1 saturated heterocycles. The van der Waals surface area contributed by atoms with Gasteiger partial charge in [-0.05, 0) is 48.6 Å². The molecule has 1 aromatic carbocycles. The van der Waals surface area contributed by atoms with Crippen LogP contribution in [-0.4, -0.2) is 41.7 Å². The van der Waals surface area contributed by atoms with Gasteiger partial charge in [0.05, 0.1) is 5.00 Å². The van der Waals surface area contributed by atoms with Gasteiger partial charge in [0.2, 0.25) is 0 Å². The number of nitrogens with zero attached hydrogens (tertiary/aromatic N) is 2. The molecule has 1 aliphatic rings. The Bertz CT molecular complexity index is 696. The lowest BCUT2D eigenvalue weighted by Gasteiger charge is -2.44. The number of phenolic OH excluding ortho intramolecular Hbond substituents is 1. The molecule has 2 aromatic rings. The number of phenols is 1. The van der Waals surface area contributed by atoms with E-state index in [9.17, 15) is 5.11 Å². The Kier molecular flexibility index (Phi) is 5.27. The van der Waals surface area contributed by atoms with Gasteiger partial charge in [0, 0.05) is 38.1 Å². The average Bonchev–Trinajstić information content (AvgIpc) is 2.99. The summed E-state index contributed by atoms with van der Waals surface area (Å²) in [4.78, 5) is 5.05. The molecule has 0 spiro atoms. The highest BCUT2D eigenvalue weighted by molar-refractivity contribution is 7.14. The topological polar surface area (TPSA) is 26.7 Å². The third-order valence-corrected chi connectivity index (χ3v) is 5.76. The maximum absolute atomic E-state index is 9.69. The maximum Gasteiger partial charge on any atom is 0.115 e. The van der Waals surface area contributed by atoms with Crippen LogP contribution in [0.15, 0.2) is 48.4 Å². The van der Waals surface area contributed by atoms with Crippen LogP contribution in [0.1, 0.15) is 25.0 Å². The first kappa shape index (κ1) is 17.1. The normalized spacial score (nSPS) is 21.8. The minimum atomic E-state index is 0.337. The molecule has 0 saturated carbocycles. The molecule has 0 radical (unpaired) electrons. The van der Waals surface area contributed by atoms with Crippen LogP contribution in [-0.2, 0) is 6.42 Å². The molecule has 24 heavy (non-hydrogen) atoms. The first-order valence-corrected chi connectivity index (χ1v) is 9.42. The second-order valence-electron chi connectivity index (χ2n) is 6.69. The van der Waals surface area contributed by atoms with Crippen molar-refractivity contribution in [2.45, 2.75) is 32.4 Å². The van der Waals surface area contributed by atoms with Crippen LogP contribution in [0, 0.1) is 0 Å². The molecule has 1 aromatic heterocycles. The molecular formula is C20H26N2OS. The second kappa shape index (κ2) is 7.41. The first-order chi connectivity index (χ1) is 11.6. The molecule has 3 rings (SSSR count). The number of hydrogen-bond donors (Lipinski definition) is 1. The predicted molar refractivity (Wildman–Crippen MR) is 103 cm³/mol. The Labute approximate surface area is 148 Å². The van der Waals surface area contributed by atoms with Gasteiger partial charge in [0.25, 0.3) is 0 Å². The molecular weight excluding hydrogens is 316 g/mol. The van der Waals surface area contributed by atoms with Crippen molar-refractivity contribution in [2.75, 3.05) is 24.5 Å². The van der Waals surface area contributed by atoms with E-state index >= 15 is 0 Å². The third kappa shape index (κ3) is 3.65. The van der Waals surface area contributed by atoms with E-state index in [1.54, 1.807) is 6.07 Å². The van der Waals surface area contributed by atoms with Gasteiger partial charge < -0.3 is 10.0 Å². The Hall–Kier alpha value is -1.78. The summed E-state index contributed by atoms with van der Waals surface area (Å²) >= 11 is 1.82. The Balaban J connectivity index is 1.78. The van der Waals surface area contributed by atoms with Crippen LogP contribution < -0.4 is 4.90 Å². The highest BCUT2D eigenvalue weighted by Gasteiger charge is 2.30. The van der Waals surface area contributed by atoms with Gasteiger partial charge >= 0.3 is 0 Å². The smallest absolute Gasteiger partial charge is 0.115 e. The fourth-order valence-electron chi connectivity index (χ4n) is 3.50. The predicted octanol–water partition coefficient (Wildman–Crippen LogP) is 4.13. The van der Waals surface area contributed by atoms with Crippen LogP contribution in [0.3, 0.4) is 0 Å². The number of piperazine rings is 1. The lowest BCUT2D eigenvalue weighted by atomic mass is 10.0. The monoisotopic (exact) mass is 342 g/mol. The fourth-order valence-corrected chi connectivity index (χ4v) is 4.54. The summed E-state index contributed by atoms with van der Waals surface area (Å²) in [5.74, 6) is 0.337. The molecule has 4 heteroatoms. The Morgan fingerprint density at radius 1 is 1.25 bits per heavy atom. The molecule has 3 nitrogen and oxygen atoms in total. The zero-order chi connectivity index (χ0) is 17.1. The minimum absolute atomic E-state index is 0.337. The summed E-state index contributed by atoms with van der Waals surface area (Å²) in [5.41, 5.74) is 2.50. The SMILES string of the molecule is C=CCN1C[C@@H](C)N(c2sccc2Cc2cccc(O)c2)C[C@@H]1C. The molecule has 128 valence electrons. The van der Waals surface area contributed by atoms with Gasteiger partial charge in [-0.3, -0.25) is 4.90 Å². The summed E-state index contributed by atoms with van der Waals surface area (Å²) in [6.45, 7) is 11.5. The number of aromatic hydroxyl groups is 1. The summed E-state index contributed by atoms with van der Waals surface area (Å²) in [6, 6.07) is 10.8. The van der Waals surface area contributed by atoms with Gasteiger partial charge in [-0.15, -0.1) is 17.9 Å². The lowest BCUT2D eigenvalue weighted by Crippen LogP contribution is -2.56. The van der Waals surface area contributed by atoms with E-state index in [0.717, 1.165) is 31.6 Å². The lowest BCUT2D eigenvalue weighted by molar-refractivity contribution is 0.185. The number of thiophene rings is 1. The van der Waals surface area contributed by atoms with Crippen LogP contribution >= 0.6 is 11.3 Å². The van der Waals surface area contributed by atoms with Gasteiger partial charge in [0.1, 0.15) is 5.75 Å². The van der Waals surface area contributed by atoms with Gasteiger partial charge in [-0.1, -0.05) is 18.2 Å². The highest BCUT2D eigenvalue weighted by atomic mass is 32.1. The number of hydrogen-bond acceptors (Lipinski definition) is 4. The summed E-state index contributed by atoms with van der Waals surface area (Å²) in [7, 11) is 0. The molecule has 2 heterocycles. The van der Waals surface area contributed by atoms with Crippen molar-refractivity contribution in [3.63, 3.8) is 0 Å². The zero-order valence-corrected chi connectivity index (χ0v) is 15.3. The molecule has 0 aliphatic carbocycles. The summed E-state index contributed by atoms with van der Waals surface area (Å²) in [6.07, 6.45) is 2.86. The van der Waals surface area contributed by atoms with Crippen molar-refractivity contribution in [3.05, 3.63) is 59.5 Å². The van der Waals surface area contributed by atoms with E-state index in [1.165, 1.54) is 10.6 Å². The largest absolute Gasteiger partial charge is 0.508 e. The van der Waals surface area contributed by atoms with E-state index in [4.69, 9.17) is 0 Å². The molecule has 0 bridgehead atoms.